The van der Waals surface area contributed by atoms with Gasteiger partial charge in [0.05, 0.1) is 22.8 Å². The van der Waals surface area contributed by atoms with Crippen LogP contribution < -0.4 is 15.4 Å². The number of carbonyl (C=O) groups excluding carboxylic acids is 2. The quantitative estimate of drug-likeness (QED) is 0.392. The third-order valence-electron chi connectivity index (χ3n) is 4.27. The van der Waals surface area contributed by atoms with Gasteiger partial charge in [-0.25, -0.2) is 4.79 Å². The van der Waals surface area contributed by atoms with Crippen molar-refractivity contribution in [2.45, 2.75) is 58.2 Å². The van der Waals surface area contributed by atoms with Crippen molar-refractivity contribution in [3.63, 3.8) is 0 Å². The minimum atomic E-state index is -4.35. The van der Waals surface area contributed by atoms with Gasteiger partial charge in [-0.3, -0.25) is 19.1 Å². The van der Waals surface area contributed by atoms with Crippen molar-refractivity contribution in [3.8, 4) is 0 Å². The number of benzene rings is 1. The number of hydrogen-bond donors (Lipinski definition) is 4. The molecule has 2 rings (SSSR count). The van der Waals surface area contributed by atoms with Crippen LogP contribution >= 0.6 is 11.8 Å². The van der Waals surface area contributed by atoms with Gasteiger partial charge in [-0.15, -0.1) is 11.8 Å². The summed E-state index contributed by atoms with van der Waals surface area (Å²) in [5.74, 6) is 0.458. The van der Waals surface area contributed by atoms with Crippen LogP contribution in [-0.2, 0) is 26.3 Å². The van der Waals surface area contributed by atoms with Crippen molar-refractivity contribution in [1.82, 2.24) is 10.6 Å². The SMILES string of the molecule is CCC1CSC([C@H](Cc2ccc(NS(=O)(=O)O)cc2)NC(=O)CNC(=O)OC(C)(C)C)=N1. The van der Waals surface area contributed by atoms with Crippen LogP contribution in [0.2, 0.25) is 0 Å². The van der Waals surface area contributed by atoms with Gasteiger partial charge in [0.2, 0.25) is 5.91 Å². The Morgan fingerprint density at radius 3 is 2.47 bits per heavy atom. The first kappa shape index (κ1) is 25.9. The highest BCUT2D eigenvalue weighted by atomic mass is 32.2. The smallest absolute Gasteiger partial charge is 0.408 e. The molecule has 2 atom stereocenters. The van der Waals surface area contributed by atoms with Gasteiger partial charge in [-0.05, 0) is 51.3 Å². The highest BCUT2D eigenvalue weighted by Crippen LogP contribution is 2.24. The summed E-state index contributed by atoms with van der Waals surface area (Å²) in [4.78, 5) is 29.0. The number of hydrogen-bond acceptors (Lipinski definition) is 7. The second kappa shape index (κ2) is 11.0. The Kier molecular flexibility index (Phi) is 8.93. The van der Waals surface area contributed by atoms with Crippen LogP contribution in [0.4, 0.5) is 10.5 Å². The molecule has 0 aliphatic carbocycles. The van der Waals surface area contributed by atoms with E-state index in [2.05, 4.69) is 17.6 Å². The lowest BCUT2D eigenvalue weighted by Gasteiger charge is -2.21. The van der Waals surface area contributed by atoms with Crippen molar-refractivity contribution >= 4 is 44.8 Å². The van der Waals surface area contributed by atoms with Gasteiger partial charge in [-0.2, -0.15) is 8.42 Å². The number of nitrogens with one attached hydrogen (secondary N) is 3. The summed E-state index contributed by atoms with van der Waals surface area (Å²) < 4.78 is 37.9. The molecule has 1 aromatic rings. The van der Waals surface area contributed by atoms with Crippen LogP contribution in [0.5, 0.6) is 0 Å². The Morgan fingerprint density at radius 2 is 1.94 bits per heavy atom. The average Bonchev–Trinajstić information content (AvgIpc) is 3.14. The predicted molar refractivity (Wildman–Crippen MR) is 125 cm³/mol. The maximum Gasteiger partial charge on any atom is 0.408 e. The van der Waals surface area contributed by atoms with Crippen molar-refractivity contribution in [1.29, 1.82) is 0 Å². The average molecular weight is 487 g/mol. The molecular weight excluding hydrogens is 456 g/mol. The number of anilines is 1. The summed E-state index contributed by atoms with van der Waals surface area (Å²) in [6.45, 7) is 7.02. The maximum atomic E-state index is 12.5. The molecule has 0 fully saturated rings. The van der Waals surface area contributed by atoms with Crippen molar-refractivity contribution in [2.75, 3.05) is 17.0 Å². The molecule has 0 radical (unpaired) electrons. The fourth-order valence-corrected chi connectivity index (χ4v) is 4.52. The van der Waals surface area contributed by atoms with E-state index in [1.165, 1.54) is 12.1 Å². The van der Waals surface area contributed by atoms with Crippen LogP contribution in [0.3, 0.4) is 0 Å². The topological polar surface area (TPSA) is 146 Å². The molecule has 1 unspecified atom stereocenters. The molecule has 1 aromatic carbocycles. The Bertz CT molecular complexity index is 942. The largest absolute Gasteiger partial charge is 0.444 e. The number of ether oxygens (including phenoxy) is 1. The third kappa shape index (κ3) is 9.45. The Morgan fingerprint density at radius 1 is 1.28 bits per heavy atom. The fraction of sp³-hybridized carbons (Fsp3) is 0.550. The summed E-state index contributed by atoms with van der Waals surface area (Å²) >= 11 is 1.59. The van der Waals surface area contributed by atoms with E-state index in [9.17, 15) is 18.0 Å². The van der Waals surface area contributed by atoms with Gasteiger partial charge in [0.15, 0.2) is 0 Å². The molecule has 0 saturated heterocycles. The van der Waals surface area contributed by atoms with E-state index in [-0.39, 0.29) is 24.2 Å². The van der Waals surface area contributed by atoms with E-state index in [1.54, 1.807) is 44.7 Å². The van der Waals surface area contributed by atoms with Gasteiger partial charge in [0.1, 0.15) is 12.1 Å². The summed E-state index contributed by atoms with van der Waals surface area (Å²) in [7, 11) is -4.35. The van der Waals surface area contributed by atoms with E-state index in [0.717, 1.165) is 22.8 Å². The van der Waals surface area contributed by atoms with Gasteiger partial charge >= 0.3 is 16.4 Å². The molecule has 10 nitrogen and oxygen atoms in total. The third-order valence-corrected chi connectivity index (χ3v) is 6.00. The first-order valence-corrected chi connectivity index (χ1v) is 12.6. The normalized spacial score (nSPS) is 17.3. The van der Waals surface area contributed by atoms with E-state index >= 15 is 0 Å². The lowest BCUT2D eigenvalue weighted by Crippen LogP contribution is -2.46. The van der Waals surface area contributed by atoms with Crippen LogP contribution in [0.1, 0.15) is 39.7 Å². The summed E-state index contributed by atoms with van der Waals surface area (Å²) in [5.41, 5.74) is 0.390. The minimum Gasteiger partial charge on any atom is -0.444 e. The van der Waals surface area contributed by atoms with Crippen molar-refractivity contribution in [2.24, 2.45) is 4.99 Å². The highest BCUT2D eigenvalue weighted by molar-refractivity contribution is 8.14. The lowest BCUT2D eigenvalue weighted by molar-refractivity contribution is -0.120. The maximum absolute atomic E-state index is 12.5. The number of alkyl carbamates (subject to hydrolysis) is 1. The molecule has 12 heteroatoms. The molecule has 2 amide bonds. The van der Waals surface area contributed by atoms with Crippen molar-refractivity contribution in [3.05, 3.63) is 29.8 Å². The van der Waals surface area contributed by atoms with Crippen LogP contribution in [-0.4, -0.2) is 60.0 Å². The molecule has 0 saturated carbocycles. The minimum absolute atomic E-state index is 0.190. The number of carbonyl (C=O) groups is 2. The van der Waals surface area contributed by atoms with Gasteiger partial charge in [0, 0.05) is 5.75 Å². The number of nitrogens with zero attached hydrogens (tertiary/aromatic N) is 1. The molecule has 4 N–H and O–H groups in total. The molecule has 0 spiro atoms. The zero-order chi connectivity index (χ0) is 23.9. The molecule has 1 aliphatic heterocycles. The van der Waals surface area contributed by atoms with Gasteiger partial charge < -0.3 is 15.4 Å². The molecule has 1 heterocycles. The number of amides is 2. The second-order valence-corrected chi connectivity index (χ2v) is 10.5. The zero-order valence-electron chi connectivity index (χ0n) is 18.5. The number of rotatable bonds is 9. The van der Waals surface area contributed by atoms with Crippen LogP contribution in [0.15, 0.2) is 29.3 Å². The molecular formula is C20H30N4O6S2. The molecule has 32 heavy (non-hydrogen) atoms. The number of thioether (sulfide) groups is 1. The standard InChI is InChI=1S/C20H30N4O6S2/c1-5-14-12-31-18(22-14)16(23-17(25)11-21-19(26)30-20(2,3)4)10-13-6-8-15(9-7-13)24-32(27,28)29/h6-9,14,16,24H,5,10-12H2,1-4H3,(H,21,26)(H,23,25)(H,27,28,29)/t14?,16-/m0/s1. The van der Waals surface area contributed by atoms with E-state index in [4.69, 9.17) is 14.3 Å². The number of aliphatic imine (C=N–C) groups is 1. The van der Waals surface area contributed by atoms with Crippen molar-refractivity contribution < 1.29 is 27.3 Å². The van der Waals surface area contributed by atoms with E-state index < -0.39 is 28.0 Å². The summed E-state index contributed by atoms with van der Waals surface area (Å²) in [6.07, 6.45) is 0.643. The first-order valence-electron chi connectivity index (χ1n) is 10.2. The first-order chi connectivity index (χ1) is 14.8. The summed E-state index contributed by atoms with van der Waals surface area (Å²) in [6, 6.07) is 6.22. The monoisotopic (exact) mass is 486 g/mol. The Balaban J connectivity index is 2.05. The van der Waals surface area contributed by atoms with Crippen LogP contribution in [0.25, 0.3) is 0 Å². The highest BCUT2D eigenvalue weighted by Gasteiger charge is 2.26. The van der Waals surface area contributed by atoms with E-state index in [1.807, 2.05) is 4.72 Å². The fourth-order valence-electron chi connectivity index (χ4n) is 2.84. The molecule has 178 valence electrons. The van der Waals surface area contributed by atoms with Crippen LogP contribution in [0, 0.1) is 0 Å². The molecule has 0 aromatic heterocycles. The second-order valence-electron chi connectivity index (χ2n) is 8.29. The molecule has 0 bridgehead atoms. The molecule has 1 aliphatic rings. The van der Waals surface area contributed by atoms with E-state index in [0.29, 0.717) is 6.42 Å². The Hall–Kier alpha value is -2.31. The van der Waals surface area contributed by atoms with Gasteiger partial charge in [-0.1, -0.05) is 19.1 Å². The predicted octanol–water partition coefficient (Wildman–Crippen LogP) is 2.38. The lowest BCUT2D eigenvalue weighted by atomic mass is 10.1. The zero-order valence-corrected chi connectivity index (χ0v) is 20.2. The summed E-state index contributed by atoms with van der Waals surface area (Å²) in [5, 5.41) is 6.16. The van der Waals surface area contributed by atoms with Gasteiger partial charge in [0.25, 0.3) is 0 Å². The Labute approximate surface area is 192 Å².